The maximum absolute atomic E-state index is 12.1. The largest absolute Gasteiger partial charge is 0.487 e. The first-order valence-corrected chi connectivity index (χ1v) is 9.64. The van der Waals surface area contributed by atoms with Crippen LogP contribution < -0.4 is 9.47 Å². The molecule has 6 nitrogen and oxygen atoms in total. The smallest absolute Gasteiger partial charge is 0.304 e. The summed E-state index contributed by atoms with van der Waals surface area (Å²) in [5.41, 5.74) is -0.420. The number of aliphatic carboxylic acids is 1. The number of benzene rings is 1. The Morgan fingerprint density at radius 3 is 2.69 bits per heavy atom. The number of ether oxygens (including phenoxy) is 3. The maximum Gasteiger partial charge on any atom is 0.304 e. The van der Waals surface area contributed by atoms with Gasteiger partial charge in [0.05, 0.1) is 12.0 Å². The molecule has 29 heavy (non-hydrogen) atoms. The molecule has 158 valence electrons. The summed E-state index contributed by atoms with van der Waals surface area (Å²) in [6.07, 6.45) is 4.28. The van der Waals surface area contributed by atoms with Crippen LogP contribution in [-0.4, -0.2) is 40.8 Å². The SMILES string of the molecule is C=CC(C)(C)O[C@H]1COc2ccc(/C=C/C(=O)C(C)CC(=O)O)cc2OC1(C)C. The number of hydrogen-bond donors (Lipinski definition) is 1. The minimum atomic E-state index is -0.992. The number of carbonyl (C=O) groups excluding carboxylic acids is 1. The van der Waals surface area contributed by atoms with Crippen molar-refractivity contribution >= 4 is 17.8 Å². The molecule has 1 aliphatic heterocycles. The van der Waals surface area contributed by atoms with Gasteiger partial charge in [-0.3, -0.25) is 9.59 Å². The van der Waals surface area contributed by atoms with E-state index in [9.17, 15) is 9.59 Å². The highest BCUT2D eigenvalue weighted by atomic mass is 16.6. The molecule has 0 bridgehead atoms. The van der Waals surface area contributed by atoms with Gasteiger partial charge in [-0.15, -0.1) is 6.58 Å². The first-order chi connectivity index (χ1) is 13.4. The zero-order valence-electron chi connectivity index (χ0n) is 17.7. The summed E-state index contributed by atoms with van der Waals surface area (Å²) in [4.78, 5) is 22.8. The van der Waals surface area contributed by atoms with Crippen LogP contribution in [0, 0.1) is 5.92 Å². The summed E-state index contributed by atoms with van der Waals surface area (Å²) in [5.74, 6) is -0.642. The standard InChI is InChI=1S/C23H30O6/c1-7-22(3,4)29-20-14-27-18-11-9-16(13-19(18)28-23(20,5)6)8-10-17(24)15(2)12-21(25)26/h7-11,13,15,20H,1,12,14H2,2-6H3,(H,25,26)/b10-8+/t15?,20-/m0/s1. The lowest BCUT2D eigenvalue weighted by molar-refractivity contribution is -0.139. The Labute approximate surface area is 172 Å². The molecule has 0 amide bonds. The molecule has 2 rings (SSSR count). The zero-order valence-corrected chi connectivity index (χ0v) is 17.7. The fourth-order valence-corrected chi connectivity index (χ4v) is 2.84. The number of allylic oxidation sites excluding steroid dienone is 1. The van der Waals surface area contributed by atoms with Gasteiger partial charge in [-0.1, -0.05) is 25.1 Å². The van der Waals surface area contributed by atoms with E-state index < -0.39 is 23.1 Å². The number of carboxylic acid groups (broad SMARTS) is 1. The highest BCUT2D eigenvalue weighted by Crippen LogP contribution is 2.37. The van der Waals surface area contributed by atoms with Crippen LogP contribution in [0.2, 0.25) is 0 Å². The summed E-state index contributed by atoms with van der Waals surface area (Å²) in [6, 6.07) is 5.40. The van der Waals surface area contributed by atoms with Crippen molar-refractivity contribution in [1.29, 1.82) is 0 Å². The van der Waals surface area contributed by atoms with Crippen LogP contribution in [0.4, 0.5) is 0 Å². The molecular weight excluding hydrogens is 372 g/mol. The van der Waals surface area contributed by atoms with Crippen LogP contribution in [0.15, 0.2) is 36.9 Å². The van der Waals surface area contributed by atoms with Crippen LogP contribution in [0.1, 0.15) is 46.6 Å². The highest BCUT2D eigenvalue weighted by molar-refractivity contribution is 5.96. The quantitative estimate of drug-likeness (QED) is 0.516. The predicted octanol–water partition coefficient (Wildman–Crippen LogP) is 4.28. The van der Waals surface area contributed by atoms with Gasteiger partial charge < -0.3 is 19.3 Å². The second kappa shape index (κ2) is 8.82. The van der Waals surface area contributed by atoms with Crippen molar-refractivity contribution < 1.29 is 28.9 Å². The Kier molecular flexibility index (Phi) is 6.90. The van der Waals surface area contributed by atoms with Crippen LogP contribution in [0.3, 0.4) is 0 Å². The molecule has 6 heteroatoms. The number of ketones is 1. The normalized spacial score (nSPS) is 19.4. The van der Waals surface area contributed by atoms with Gasteiger partial charge in [-0.25, -0.2) is 0 Å². The Bertz CT molecular complexity index is 806. The molecule has 1 heterocycles. The van der Waals surface area contributed by atoms with Crippen molar-refractivity contribution in [2.24, 2.45) is 5.92 Å². The number of carbonyl (C=O) groups is 2. The molecule has 1 aromatic carbocycles. The summed E-state index contributed by atoms with van der Waals surface area (Å²) in [6.45, 7) is 13.5. The second-order valence-electron chi connectivity index (χ2n) is 8.37. The van der Waals surface area contributed by atoms with Crippen molar-refractivity contribution in [2.75, 3.05) is 6.61 Å². The molecule has 0 aromatic heterocycles. The fourth-order valence-electron chi connectivity index (χ4n) is 2.84. The number of hydrogen-bond acceptors (Lipinski definition) is 5. The monoisotopic (exact) mass is 402 g/mol. The molecule has 1 aliphatic rings. The summed E-state index contributed by atoms with van der Waals surface area (Å²) < 4.78 is 18.3. The Balaban J connectivity index is 2.18. The van der Waals surface area contributed by atoms with Crippen molar-refractivity contribution in [1.82, 2.24) is 0 Å². The lowest BCUT2D eigenvalue weighted by atomic mass is 10.00. The van der Waals surface area contributed by atoms with Crippen LogP contribution in [0.25, 0.3) is 6.08 Å². The molecule has 0 saturated heterocycles. The lowest BCUT2D eigenvalue weighted by Crippen LogP contribution is -2.49. The van der Waals surface area contributed by atoms with E-state index in [-0.39, 0.29) is 18.3 Å². The van der Waals surface area contributed by atoms with Crippen molar-refractivity contribution in [3.63, 3.8) is 0 Å². The Morgan fingerprint density at radius 2 is 2.07 bits per heavy atom. The molecule has 1 aromatic rings. The number of fused-ring (bicyclic) bond motifs is 1. The summed E-state index contributed by atoms with van der Waals surface area (Å²) >= 11 is 0. The third-order valence-electron chi connectivity index (χ3n) is 4.85. The Hall–Kier alpha value is -2.60. The van der Waals surface area contributed by atoms with Gasteiger partial charge in [0.1, 0.15) is 18.3 Å². The van der Waals surface area contributed by atoms with Gasteiger partial charge in [0.2, 0.25) is 0 Å². The van der Waals surface area contributed by atoms with Crippen molar-refractivity contribution in [2.45, 2.75) is 58.3 Å². The zero-order chi connectivity index (χ0) is 21.8. The predicted molar refractivity (Wildman–Crippen MR) is 111 cm³/mol. The van der Waals surface area contributed by atoms with Gasteiger partial charge in [0, 0.05) is 5.92 Å². The van der Waals surface area contributed by atoms with E-state index in [1.54, 1.807) is 31.2 Å². The fraction of sp³-hybridized carbons (Fsp3) is 0.478. The lowest BCUT2D eigenvalue weighted by Gasteiger charge is -2.36. The first kappa shape index (κ1) is 22.7. The molecule has 0 radical (unpaired) electrons. The van der Waals surface area contributed by atoms with Gasteiger partial charge in [0.15, 0.2) is 17.3 Å². The minimum Gasteiger partial charge on any atom is -0.487 e. The minimum absolute atomic E-state index is 0.194. The average Bonchev–Trinajstić information content (AvgIpc) is 2.74. The molecule has 0 saturated carbocycles. The molecule has 0 spiro atoms. The maximum atomic E-state index is 12.1. The number of carboxylic acids is 1. The summed E-state index contributed by atoms with van der Waals surface area (Å²) in [5, 5.41) is 8.81. The molecule has 0 aliphatic carbocycles. The van der Waals surface area contributed by atoms with E-state index in [4.69, 9.17) is 19.3 Å². The highest BCUT2D eigenvalue weighted by Gasteiger charge is 2.39. The third-order valence-corrected chi connectivity index (χ3v) is 4.85. The summed E-state index contributed by atoms with van der Waals surface area (Å²) in [7, 11) is 0. The van der Waals surface area contributed by atoms with E-state index in [2.05, 4.69) is 6.58 Å². The van der Waals surface area contributed by atoms with Gasteiger partial charge in [-0.05, 0) is 51.5 Å². The van der Waals surface area contributed by atoms with Gasteiger partial charge in [0.25, 0.3) is 0 Å². The van der Waals surface area contributed by atoms with Crippen molar-refractivity contribution in [3.05, 3.63) is 42.5 Å². The van der Waals surface area contributed by atoms with E-state index in [0.29, 0.717) is 18.1 Å². The molecule has 1 unspecified atom stereocenters. The van der Waals surface area contributed by atoms with E-state index in [1.165, 1.54) is 6.08 Å². The van der Waals surface area contributed by atoms with E-state index in [0.717, 1.165) is 5.56 Å². The van der Waals surface area contributed by atoms with E-state index >= 15 is 0 Å². The van der Waals surface area contributed by atoms with Gasteiger partial charge in [-0.2, -0.15) is 0 Å². The molecule has 2 atom stereocenters. The average molecular weight is 402 g/mol. The van der Waals surface area contributed by atoms with Crippen molar-refractivity contribution in [3.8, 4) is 11.5 Å². The molecule has 1 N–H and O–H groups in total. The van der Waals surface area contributed by atoms with Gasteiger partial charge >= 0.3 is 5.97 Å². The number of rotatable bonds is 8. The topological polar surface area (TPSA) is 82.1 Å². The Morgan fingerprint density at radius 1 is 1.38 bits per heavy atom. The van der Waals surface area contributed by atoms with E-state index in [1.807, 2.05) is 33.8 Å². The third kappa shape index (κ3) is 6.19. The van der Waals surface area contributed by atoms with Crippen LogP contribution in [-0.2, 0) is 14.3 Å². The molecular formula is C23H30O6. The van der Waals surface area contributed by atoms with Crippen LogP contribution in [0.5, 0.6) is 11.5 Å². The first-order valence-electron chi connectivity index (χ1n) is 9.64. The molecule has 0 fully saturated rings. The second-order valence-corrected chi connectivity index (χ2v) is 8.37. The van der Waals surface area contributed by atoms with Crippen LogP contribution >= 0.6 is 0 Å².